The molecule has 3 aliphatic rings. The zero-order valence-electron chi connectivity index (χ0n) is 50.1. The fourth-order valence-corrected chi connectivity index (χ4v) is 10.3. The number of carbonyl (C=O) groups is 1. The second kappa shape index (κ2) is 46.4. The summed E-state index contributed by atoms with van der Waals surface area (Å²) < 4.78 is 34.3. The third-order valence-corrected chi connectivity index (χ3v) is 15.5. The van der Waals surface area contributed by atoms with Crippen molar-refractivity contribution in [3.63, 3.8) is 0 Å². The van der Waals surface area contributed by atoms with Crippen molar-refractivity contribution in [1.82, 2.24) is 5.32 Å². The average molecular weight is 1180 g/mol. The first-order chi connectivity index (χ1) is 40.3. The quantitative estimate of drug-likeness (QED) is 0.0226. The first-order valence-electron chi connectivity index (χ1n) is 31.7. The molecule has 83 heavy (non-hydrogen) atoms. The van der Waals surface area contributed by atoms with Crippen molar-refractivity contribution in [2.24, 2.45) is 0 Å². The molecule has 0 bridgehead atoms. The van der Waals surface area contributed by atoms with Crippen LogP contribution in [0.2, 0.25) is 0 Å². The Labute approximate surface area is 496 Å². The third-order valence-electron chi connectivity index (χ3n) is 15.5. The van der Waals surface area contributed by atoms with E-state index in [0.29, 0.717) is 12.8 Å². The molecule has 3 aliphatic heterocycles. The molecule has 3 saturated heterocycles. The number of hydrogen-bond acceptors (Lipinski definition) is 18. The predicted molar refractivity (Wildman–Crippen MR) is 318 cm³/mol. The topological polar surface area (TPSA) is 307 Å². The van der Waals surface area contributed by atoms with E-state index in [0.717, 1.165) is 83.5 Å². The minimum Gasteiger partial charge on any atom is -0.394 e. The van der Waals surface area contributed by atoms with Crippen molar-refractivity contribution in [1.29, 1.82) is 0 Å². The van der Waals surface area contributed by atoms with Crippen LogP contribution < -0.4 is 5.32 Å². The van der Waals surface area contributed by atoms with Crippen LogP contribution in [0.25, 0.3) is 0 Å². The molecular weight excluding hydrogens is 1070 g/mol. The van der Waals surface area contributed by atoms with Crippen LogP contribution in [0.4, 0.5) is 0 Å². The van der Waals surface area contributed by atoms with Gasteiger partial charge in [0, 0.05) is 6.42 Å². The summed E-state index contributed by atoms with van der Waals surface area (Å²) in [5.74, 6) is -0.302. The summed E-state index contributed by atoms with van der Waals surface area (Å²) >= 11 is 0. The van der Waals surface area contributed by atoms with Crippen LogP contribution >= 0.6 is 0 Å². The van der Waals surface area contributed by atoms with Gasteiger partial charge in [-0.25, -0.2) is 0 Å². The number of ether oxygens (including phenoxy) is 6. The predicted octanol–water partition coefficient (Wildman–Crippen LogP) is 6.60. The summed E-state index contributed by atoms with van der Waals surface area (Å²) in [6, 6.07) is -1.00. The Balaban J connectivity index is 1.51. The Morgan fingerprint density at radius 3 is 1.35 bits per heavy atom. The van der Waals surface area contributed by atoms with Crippen LogP contribution in [-0.2, 0) is 33.2 Å². The summed E-state index contributed by atoms with van der Waals surface area (Å²) in [7, 11) is 0. The minimum atomic E-state index is -1.98. The summed E-state index contributed by atoms with van der Waals surface area (Å²) in [4.78, 5) is 13.3. The maximum Gasteiger partial charge on any atom is 0.220 e. The zero-order chi connectivity index (χ0) is 60.5. The van der Waals surface area contributed by atoms with Crippen LogP contribution in [0.15, 0.2) is 72.9 Å². The van der Waals surface area contributed by atoms with Gasteiger partial charge in [0.15, 0.2) is 18.9 Å². The van der Waals surface area contributed by atoms with Gasteiger partial charge < -0.3 is 89.9 Å². The summed E-state index contributed by atoms with van der Waals surface area (Å²) in [5, 5.41) is 120. The summed E-state index contributed by atoms with van der Waals surface area (Å²) in [6.07, 6.45) is 28.7. The van der Waals surface area contributed by atoms with Gasteiger partial charge in [0.2, 0.25) is 5.91 Å². The van der Waals surface area contributed by atoms with Crippen molar-refractivity contribution in [3.8, 4) is 0 Å². The molecule has 3 fully saturated rings. The molecule has 17 atom stereocenters. The smallest absolute Gasteiger partial charge is 0.220 e. The standard InChI is InChI=1S/C64H111NO18/c1-3-5-7-9-11-13-15-17-19-21-23-25-27-29-31-33-35-37-39-41-48(69)47(65-52(70)42-40-38-36-34-32-30-28-26-24-22-20-18-16-14-12-10-8-6-4-2)46-78-62-58(76)55(73)60(50(44-67)80-62)83-64-59(77)56(74)61(51(45-68)81-64)82-63-57(75)54(72)53(71)49(43-66)79-63/h6,8,12,14,18,20,24,26,31,33,39,41,47-51,53-64,66-69,71-77H,3-5,7,9-11,13,15-17,19,21-23,25,27-30,32,34-38,40,42-46H2,1-2H3,(H,65,70)/b8-6-,14-12-,20-18-,26-24-,33-31+,41-39+. The monoisotopic (exact) mass is 1180 g/mol. The highest BCUT2D eigenvalue weighted by Gasteiger charge is 2.53. The molecule has 0 radical (unpaired) electrons. The lowest BCUT2D eigenvalue weighted by atomic mass is 9.96. The second-order valence-electron chi connectivity index (χ2n) is 22.5. The molecule has 19 nitrogen and oxygen atoms in total. The molecule has 19 heteroatoms. The fraction of sp³-hybridized carbons (Fsp3) is 0.797. The lowest BCUT2D eigenvalue weighted by Gasteiger charge is -2.48. The lowest BCUT2D eigenvalue weighted by molar-refractivity contribution is -0.379. The van der Waals surface area contributed by atoms with Crippen molar-refractivity contribution >= 4 is 5.91 Å². The number of amides is 1. The molecule has 1 amide bonds. The second-order valence-corrected chi connectivity index (χ2v) is 22.5. The lowest BCUT2D eigenvalue weighted by Crippen LogP contribution is -2.66. The van der Waals surface area contributed by atoms with Gasteiger partial charge >= 0.3 is 0 Å². The Hall–Kier alpha value is -2.77. The van der Waals surface area contributed by atoms with E-state index in [-0.39, 0.29) is 18.9 Å². The SMILES string of the molecule is CC/C=C\C/C=C\C/C=C\C/C=C\CCCCCCCCC(=O)NC(COC1OC(CO)C(OC2OC(CO)C(OC3OC(CO)C(O)C(O)C3O)C(O)C2O)C(O)C1O)C(O)/C=C/CC/C=C/CCCCCCCCCCCCCCC. The first-order valence-corrected chi connectivity index (χ1v) is 31.7. The molecule has 480 valence electrons. The van der Waals surface area contributed by atoms with Gasteiger partial charge in [-0.05, 0) is 70.6 Å². The molecule has 3 heterocycles. The molecular formula is C64H111NO18. The van der Waals surface area contributed by atoms with Crippen LogP contribution in [-0.4, -0.2) is 193 Å². The van der Waals surface area contributed by atoms with Gasteiger partial charge in [-0.1, -0.05) is 189 Å². The molecule has 0 saturated carbocycles. The molecule has 3 rings (SSSR count). The van der Waals surface area contributed by atoms with E-state index in [4.69, 9.17) is 28.4 Å². The normalized spacial score (nSPS) is 29.9. The number of aliphatic hydroxyl groups excluding tert-OH is 11. The first kappa shape index (κ1) is 74.5. The Morgan fingerprint density at radius 1 is 0.446 bits per heavy atom. The van der Waals surface area contributed by atoms with E-state index < -0.39 is 124 Å². The van der Waals surface area contributed by atoms with E-state index in [1.54, 1.807) is 6.08 Å². The van der Waals surface area contributed by atoms with E-state index in [1.807, 2.05) is 6.08 Å². The molecule has 12 N–H and O–H groups in total. The van der Waals surface area contributed by atoms with Crippen molar-refractivity contribution in [3.05, 3.63) is 72.9 Å². The Bertz CT molecular complexity index is 1790. The van der Waals surface area contributed by atoms with Gasteiger partial charge in [0.25, 0.3) is 0 Å². The van der Waals surface area contributed by atoms with Crippen molar-refractivity contribution in [2.45, 2.75) is 298 Å². The molecule has 0 aromatic carbocycles. The number of allylic oxidation sites excluding steroid dienone is 11. The van der Waals surface area contributed by atoms with Gasteiger partial charge in [-0.3, -0.25) is 4.79 Å². The van der Waals surface area contributed by atoms with Gasteiger partial charge in [-0.15, -0.1) is 0 Å². The number of rotatable bonds is 46. The molecule has 0 aliphatic carbocycles. The van der Waals surface area contributed by atoms with Gasteiger partial charge in [-0.2, -0.15) is 0 Å². The van der Waals surface area contributed by atoms with Crippen LogP contribution in [0.3, 0.4) is 0 Å². The van der Waals surface area contributed by atoms with Gasteiger partial charge in [0.05, 0.1) is 38.6 Å². The maximum atomic E-state index is 13.3. The van der Waals surface area contributed by atoms with Crippen molar-refractivity contribution < 1.29 is 89.4 Å². The van der Waals surface area contributed by atoms with E-state index in [2.05, 4.69) is 79.9 Å². The van der Waals surface area contributed by atoms with Gasteiger partial charge in [0.1, 0.15) is 73.2 Å². The average Bonchev–Trinajstić information content (AvgIpc) is 3.43. The number of hydrogen-bond donors (Lipinski definition) is 12. The fourth-order valence-electron chi connectivity index (χ4n) is 10.3. The largest absolute Gasteiger partial charge is 0.394 e. The molecule has 0 aromatic rings. The van der Waals surface area contributed by atoms with E-state index >= 15 is 0 Å². The summed E-state index contributed by atoms with van der Waals surface area (Å²) in [5.41, 5.74) is 0. The Morgan fingerprint density at radius 2 is 0.843 bits per heavy atom. The highest BCUT2D eigenvalue weighted by atomic mass is 16.8. The zero-order valence-corrected chi connectivity index (χ0v) is 50.1. The Kier molecular flexibility index (Phi) is 41.6. The number of carbonyl (C=O) groups excluding carboxylic acids is 1. The molecule has 0 aromatic heterocycles. The molecule has 0 spiro atoms. The minimum absolute atomic E-state index is 0.216. The summed E-state index contributed by atoms with van der Waals surface area (Å²) in [6.45, 7) is 1.57. The van der Waals surface area contributed by atoms with Crippen LogP contribution in [0.5, 0.6) is 0 Å². The van der Waals surface area contributed by atoms with E-state index in [1.165, 1.54) is 77.0 Å². The highest BCUT2D eigenvalue weighted by molar-refractivity contribution is 5.76. The van der Waals surface area contributed by atoms with Crippen LogP contribution in [0.1, 0.15) is 194 Å². The number of nitrogens with one attached hydrogen (secondary N) is 1. The third kappa shape index (κ3) is 29.7. The van der Waals surface area contributed by atoms with Crippen LogP contribution in [0, 0.1) is 0 Å². The molecule has 17 unspecified atom stereocenters. The maximum absolute atomic E-state index is 13.3. The van der Waals surface area contributed by atoms with Crippen molar-refractivity contribution in [2.75, 3.05) is 26.4 Å². The van der Waals surface area contributed by atoms with E-state index in [9.17, 15) is 61.0 Å². The number of unbranched alkanes of at least 4 members (excludes halogenated alkanes) is 20. The highest BCUT2D eigenvalue weighted by Crippen LogP contribution is 2.33. The number of aliphatic hydroxyl groups is 11.